The third kappa shape index (κ3) is 2.96. The molecule has 2 aromatic carbocycles. The maximum absolute atomic E-state index is 12.6. The Balaban J connectivity index is 1.44. The van der Waals surface area contributed by atoms with Gasteiger partial charge in [-0.3, -0.25) is 0 Å². The molecule has 24 heavy (non-hydrogen) atoms. The van der Waals surface area contributed by atoms with Crippen LogP contribution < -0.4 is 5.32 Å². The third-order valence-electron chi connectivity index (χ3n) is 5.10. The van der Waals surface area contributed by atoms with E-state index in [4.69, 9.17) is 0 Å². The van der Waals surface area contributed by atoms with Gasteiger partial charge >= 0.3 is 0 Å². The molecule has 0 amide bonds. The van der Waals surface area contributed by atoms with E-state index in [0.717, 1.165) is 18.5 Å². The van der Waals surface area contributed by atoms with Crippen molar-refractivity contribution in [3.8, 4) is 0 Å². The summed E-state index contributed by atoms with van der Waals surface area (Å²) in [6.07, 6.45) is 4.55. The van der Waals surface area contributed by atoms with Crippen LogP contribution in [0.4, 0.5) is 4.39 Å². The number of para-hydroxylation sites is 1. The second-order valence-corrected chi connectivity index (χ2v) is 6.66. The van der Waals surface area contributed by atoms with Gasteiger partial charge in [0.15, 0.2) is 0 Å². The number of aromatic nitrogens is 1. The highest BCUT2D eigenvalue weighted by Crippen LogP contribution is 2.34. The average Bonchev–Trinajstić information content (AvgIpc) is 3.02. The summed E-state index contributed by atoms with van der Waals surface area (Å²) >= 11 is 0. The summed E-state index contributed by atoms with van der Waals surface area (Å²) < 4.78 is 12.6. The molecule has 3 aromatic rings. The van der Waals surface area contributed by atoms with Gasteiger partial charge in [-0.15, -0.1) is 0 Å². The van der Waals surface area contributed by atoms with E-state index in [-0.39, 0.29) is 6.67 Å². The number of H-pyrrole nitrogens is 1. The molecule has 1 aliphatic rings. The zero-order valence-electron chi connectivity index (χ0n) is 13.8. The first-order valence-corrected chi connectivity index (χ1v) is 8.82. The Kier molecular flexibility index (Phi) is 4.35. The number of hydrogen-bond donors (Lipinski definition) is 2. The molecular formula is C21H23FN2. The fourth-order valence-corrected chi connectivity index (χ4v) is 3.80. The van der Waals surface area contributed by atoms with Gasteiger partial charge in [-0.2, -0.15) is 0 Å². The number of aromatic amines is 1. The van der Waals surface area contributed by atoms with Crippen LogP contribution in [0.3, 0.4) is 0 Å². The number of benzene rings is 2. The molecule has 124 valence electrons. The molecule has 1 unspecified atom stereocenters. The summed E-state index contributed by atoms with van der Waals surface area (Å²) in [4.78, 5) is 3.63. The highest BCUT2D eigenvalue weighted by atomic mass is 19.1. The van der Waals surface area contributed by atoms with Crippen molar-refractivity contribution in [2.24, 2.45) is 0 Å². The summed E-state index contributed by atoms with van der Waals surface area (Å²) in [5, 5.41) is 5.09. The second-order valence-electron chi connectivity index (χ2n) is 6.66. The molecule has 0 bridgehead atoms. The van der Waals surface area contributed by atoms with Crippen LogP contribution in [0.15, 0.2) is 48.5 Å². The Morgan fingerprint density at radius 3 is 2.67 bits per heavy atom. The largest absolute Gasteiger partial charge is 0.357 e. The molecule has 1 aromatic heterocycles. The number of nitrogens with one attached hydrogen (secondary N) is 2. The topological polar surface area (TPSA) is 27.8 Å². The lowest BCUT2D eigenvalue weighted by Gasteiger charge is -2.24. The van der Waals surface area contributed by atoms with E-state index in [1.54, 1.807) is 0 Å². The van der Waals surface area contributed by atoms with Crippen molar-refractivity contribution in [3.05, 3.63) is 70.9 Å². The summed E-state index contributed by atoms with van der Waals surface area (Å²) in [5.74, 6) is 0. The van der Waals surface area contributed by atoms with Crippen LogP contribution >= 0.6 is 0 Å². The third-order valence-corrected chi connectivity index (χ3v) is 5.10. The first-order chi connectivity index (χ1) is 11.8. The van der Waals surface area contributed by atoms with E-state index >= 15 is 0 Å². The fraction of sp³-hybridized carbons (Fsp3) is 0.333. The maximum Gasteiger partial charge on any atom is 0.115 e. The Labute approximate surface area is 142 Å². The van der Waals surface area contributed by atoms with Gasteiger partial charge in [-0.25, -0.2) is 4.39 Å². The minimum atomic E-state index is -0.385. The van der Waals surface area contributed by atoms with Gasteiger partial charge in [0.1, 0.15) is 6.67 Å². The minimum Gasteiger partial charge on any atom is -0.357 e. The van der Waals surface area contributed by atoms with Crippen LogP contribution in [-0.2, 0) is 19.5 Å². The maximum atomic E-state index is 12.6. The van der Waals surface area contributed by atoms with Gasteiger partial charge in [-0.05, 0) is 55.0 Å². The standard InChI is InChI=1S/C21H23FN2/c22-14-16-10-8-15(9-11-16)12-13-23-20-7-3-5-18-17-4-1-2-6-19(17)24-21(18)20/h1-2,4,6,8-11,20,23-24H,3,5,7,12-14H2. The molecule has 1 atom stereocenters. The number of alkyl halides is 1. The van der Waals surface area contributed by atoms with E-state index in [1.807, 2.05) is 24.3 Å². The second kappa shape index (κ2) is 6.78. The summed E-state index contributed by atoms with van der Waals surface area (Å²) in [5.41, 5.74) is 6.11. The fourth-order valence-electron chi connectivity index (χ4n) is 3.80. The van der Waals surface area contributed by atoms with E-state index < -0.39 is 0 Å². The minimum absolute atomic E-state index is 0.385. The number of hydrogen-bond acceptors (Lipinski definition) is 1. The highest BCUT2D eigenvalue weighted by Gasteiger charge is 2.23. The number of halogens is 1. The van der Waals surface area contributed by atoms with Gasteiger partial charge in [0.2, 0.25) is 0 Å². The summed E-state index contributed by atoms with van der Waals surface area (Å²) in [7, 11) is 0. The summed E-state index contributed by atoms with van der Waals surface area (Å²) in [6, 6.07) is 16.8. The van der Waals surface area contributed by atoms with Crippen LogP contribution in [0.25, 0.3) is 10.9 Å². The Bertz CT molecular complexity index is 819. The van der Waals surface area contributed by atoms with Crippen molar-refractivity contribution < 1.29 is 4.39 Å². The van der Waals surface area contributed by atoms with Crippen LogP contribution in [-0.4, -0.2) is 11.5 Å². The highest BCUT2D eigenvalue weighted by molar-refractivity contribution is 5.85. The lowest BCUT2D eigenvalue weighted by Crippen LogP contribution is -2.27. The van der Waals surface area contributed by atoms with E-state index in [9.17, 15) is 4.39 Å². The van der Waals surface area contributed by atoms with Crippen molar-refractivity contribution in [1.82, 2.24) is 10.3 Å². The average molecular weight is 322 g/mol. The molecule has 1 aliphatic carbocycles. The number of aryl methyl sites for hydroxylation is 1. The van der Waals surface area contributed by atoms with Crippen LogP contribution in [0.5, 0.6) is 0 Å². The molecule has 1 heterocycles. The van der Waals surface area contributed by atoms with Crippen molar-refractivity contribution in [2.75, 3.05) is 6.54 Å². The van der Waals surface area contributed by atoms with Crippen LogP contribution in [0.2, 0.25) is 0 Å². The van der Waals surface area contributed by atoms with E-state index in [0.29, 0.717) is 6.04 Å². The molecule has 0 saturated carbocycles. The van der Waals surface area contributed by atoms with Gasteiger partial charge < -0.3 is 10.3 Å². The Hall–Kier alpha value is -2.13. The predicted octanol–water partition coefficient (Wildman–Crippen LogP) is 4.85. The zero-order chi connectivity index (χ0) is 16.4. The van der Waals surface area contributed by atoms with Crippen molar-refractivity contribution >= 4 is 10.9 Å². The lowest BCUT2D eigenvalue weighted by atomic mass is 9.91. The monoisotopic (exact) mass is 322 g/mol. The molecule has 0 radical (unpaired) electrons. The first-order valence-electron chi connectivity index (χ1n) is 8.82. The normalized spacial score (nSPS) is 17.1. The van der Waals surface area contributed by atoms with Gasteiger partial charge in [-0.1, -0.05) is 42.5 Å². The van der Waals surface area contributed by atoms with Crippen LogP contribution in [0.1, 0.15) is 41.3 Å². The van der Waals surface area contributed by atoms with Gasteiger partial charge in [0.05, 0.1) is 0 Å². The van der Waals surface area contributed by atoms with Crippen molar-refractivity contribution in [3.63, 3.8) is 0 Å². The lowest BCUT2D eigenvalue weighted by molar-refractivity contribution is 0.456. The SMILES string of the molecule is FCc1ccc(CCNC2CCCc3c2[nH]c2ccccc32)cc1. The molecule has 0 aliphatic heterocycles. The predicted molar refractivity (Wildman–Crippen MR) is 96.9 cm³/mol. The smallest absolute Gasteiger partial charge is 0.115 e. The number of rotatable bonds is 5. The van der Waals surface area contributed by atoms with Gasteiger partial charge in [0.25, 0.3) is 0 Å². The van der Waals surface area contributed by atoms with E-state index in [1.165, 1.54) is 47.0 Å². The molecule has 3 heteroatoms. The molecular weight excluding hydrogens is 299 g/mol. The molecule has 0 fully saturated rings. The first kappa shape index (κ1) is 15.4. The zero-order valence-corrected chi connectivity index (χ0v) is 13.8. The molecule has 4 rings (SSSR count). The summed E-state index contributed by atoms with van der Waals surface area (Å²) in [6.45, 7) is 0.554. The van der Waals surface area contributed by atoms with E-state index in [2.05, 4.69) is 34.6 Å². The Morgan fingerprint density at radius 2 is 1.83 bits per heavy atom. The quantitative estimate of drug-likeness (QED) is 0.690. The molecule has 2 nitrogen and oxygen atoms in total. The Morgan fingerprint density at radius 1 is 1.04 bits per heavy atom. The molecule has 0 saturated heterocycles. The van der Waals surface area contributed by atoms with Crippen LogP contribution in [0, 0.1) is 0 Å². The van der Waals surface area contributed by atoms with Gasteiger partial charge in [0, 0.05) is 22.6 Å². The van der Waals surface area contributed by atoms with Crippen molar-refractivity contribution in [2.45, 2.75) is 38.4 Å². The molecule has 0 spiro atoms. The molecule has 2 N–H and O–H groups in total. The van der Waals surface area contributed by atoms with Crippen molar-refractivity contribution in [1.29, 1.82) is 0 Å². The number of fused-ring (bicyclic) bond motifs is 3.